The van der Waals surface area contributed by atoms with Crippen LogP contribution < -0.4 is 16.6 Å². The highest BCUT2D eigenvalue weighted by molar-refractivity contribution is 7.25. The molecule has 3 heterocycles. The lowest BCUT2D eigenvalue weighted by atomic mass is 10.2. The Labute approximate surface area is 159 Å². The second kappa shape index (κ2) is 7.31. The summed E-state index contributed by atoms with van der Waals surface area (Å²) >= 11 is 7.22. The molecule has 134 valence electrons. The smallest absolute Gasteiger partial charge is 0.275 e. The summed E-state index contributed by atoms with van der Waals surface area (Å²) in [7, 11) is 1.78. The van der Waals surface area contributed by atoms with Crippen molar-refractivity contribution in [1.82, 2.24) is 14.5 Å². The molecule has 0 fully saturated rings. The minimum absolute atomic E-state index is 0.147. The van der Waals surface area contributed by atoms with E-state index in [0.29, 0.717) is 26.6 Å². The molecule has 26 heavy (non-hydrogen) atoms. The van der Waals surface area contributed by atoms with E-state index in [1.165, 1.54) is 22.2 Å². The highest BCUT2D eigenvalue weighted by Crippen LogP contribution is 2.37. The molecule has 0 aliphatic heterocycles. The van der Waals surface area contributed by atoms with Gasteiger partial charge in [-0.2, -0.15) is 0 Å². The molecule has 0 unspecified atom stereocenters. The molecule has 0 saturated carbocycles. The van der Waals surface area contributed by atoms with Crippen LogP contribution in [0.15, 0.2) is 41.6 Å². The molecule has 0 bridgehead atoms. The van der Waals surface area contributed by atoms with Crippen LogP contribution in [-0.4, -0.2) is 21.6 Å². The fourth-order valence-corrected chi connectivity index (χ4v) is 3.83. The SMILES string of the molecule is CC.CNc1c(N)cnc2sc3c(=O)n(-c4ccc(Cl)cc4)cnc3c12. The molecule has 4 aromatic rings. The first-order valence-electron chi connectivity index (χ1n) is 8.12. The lowest BCUT2D eigenvalue weighted by Gasteiger charge is -2.07. The van der Waals surface area contributed by atoms with Crippen molar-refractivity contribution >= 4 is 54.7 Å². The van der Waals surface area contributed by atoms with Crippen LogP contribution in [0.2, 0.25) is 5.02 Å². The van der Waals surface area contributed by atoms with Crippen LogP contribution in [0.25, 0.3) is 26.1 Å². The van der Waals surface area contributed by atoms with Gasteiger partial charge in [-0.1, -0.05) is 25.4 Å². The van der Waals surface area contributed by atoms with Crippen LogP contribution in [0.1, 0.15) is 13.8 Å². The summed E-state index contributed by atoms with van der Waals surface area (Å²) in [6, 6.07) is 7.03. The van der Waals surface area contributed by atoms with Gasteiger partial charge < -0.3 is 11.1 Å². The summed E-state index contributed by atoms with van der Waals surface area (Å²) in [5, 5.41) is 4.45. The zero-order chi connectivity index (χ0) is 18.8. The Morgan fingerprint density at radius 2 is 1.88 bits per heavy atom. The van der Waals surface area contributed by atoms with Crippen LogP contribution in [0, 0.1) is 0 Å². The molecule has 0 aliphatic rings. The highest BCUT2D eigenvalue weighted by Gasteiger charge is 2.17. The fraction of sp³-hybridized carbons (Fsp3) is 0.167. The van der Waals surface area contributed by atoms with E-state index in [4.69, 9.17) is 17.3 Å². The van der Waals surface area contributed by atoms with Gasteiger partial charge in [0.15, 0.2) is 0 Å². The number of thiophene rings is 1. The maximum absolute atomic E-state index is 12.9. The molecule has 6 nitrogen and oxygen atoms in total. The number of hydrogen-bond acceptors (Lipinski definition) is 6. The summed E-state index contributed by atoms with van der Waals surface area (Å²) in [5.74, 6) is 0. The number of benzene rings is 1. The average molecular weight is 388 g/mol. The third-order valence-electron chi connectivity index (χ3n) is 3.79. The van der Waals surface area contributed by atoms with Crippen LogP contribution >= 0.6 is 22.9 Å². The first-order valence-corrected chi connectivity index (χ1v) is 9.31. The molecule has 4 rings (SSSR count). The molecule has 3 N–H and O–H groups in total. The topological polar surface area (TPSA) is 85.8 Å². The van der Waals surface area contributed by atoms with Crippen molar-refractivity contribution in [3.63, 3.8) is 0 Å². The summed E-state index contributed by atoms with van der Waals surface area (Å²) in [6.07, 6.45) is 3.10. The van der Waals surface area contributed by atoms with Gasteiger partial charge in [-0.25, -0.2) is 9.97 Å². The third-order valence-corrected chi connectivity index (χ3v) is 5.12. The normalized spacial score (nSPS) is 10.6. The first kappa shape index (κ1) is 18.2. The van der Waals surface area contributed by atoms with E-state index < -0.39 is 0 Å². The van der Waals surface area contributed by atoms with Gasteiger partial charge in [0, 0.05) is 12.1 Å². The standard InChI is InChI=1S/C16H12ClN5OS.C2H6/c1-19-12-10(18)6-20-15-11(12)13-14(24-15)16(23)22(7-21-13)9-4-2-8(17)3-5-9;1-2/h2-7H,18H2,1H3,(H,19,20);1-2H3. The summed E-state index contributed by atoms with van der Waals surface area (Å²) in [5.41, 5.74) is 8.40. The van der Waals surface area contributed by atoms with Crippen molar-refractivity contribution < 1.29 is 0 Å². The number of nitrogens with two attached hydrogens (primary N) is 1. The van der Waals surface area contributed by atoms with E-state index in [-0.39, 0.29) is 5.56 Å². The maximum Gasteiger partial charge on any atom is 0.275 e. The van der Waals surface area contributed by atoms with Crippen molar-refractivity contribution in [2.75, 3.05) is 18.1 Å². The predicted octanol–water partition coefficient (Wildman–Crippen LogP) is 4.30. The van der Waals surface area contributed by atoms with Gasteiger partial charge in [-0.15, -0.1) is 11.3 Å². The minimum atomic E-state index is -0.147. The molecule has 0 radical (unpaired) electrons. The Kier molecular flexibility index (Phi) is 5.11. The number of aromatic nitrogens is 3. The van der Waals surface area contributed by atoms with E-state index in [2.05, 4.69) is 15.3 Å². The van der Waals surface area contributed by atoms with E-state index >= 15 is 0 Å². The van der Waals surface area contributed by atoms with Gasteiger partial charge in [0.1, 0.15) is 21.4 Å². The van der Waals surface area contributed by atoms with Crippen LogP contribution in [0.3, 0.4) is 0 Å². The molecule has 1 aromatic carbocycles. The lowest BCUT2D eigenvalue weighted by molar-refractivity contribution is 0.968. The number of nitrogen functional groups attached to an aromatic ring is 1. The number of pyridine rings is 1. The zero-order valence-electron chi connectivity index (χ0n) is 14.6. The molecule has 0 spiro atoms. The van der Waals surface area contributed by atoms with Crippen molar-refractivity contribution in [1.29, 1.82) is 0 Å². The van der Waals surface area contributed by atoms with Crippen LogP contribution in [-0.2, 0) is 0 Å². The molecular weight excluding hydrogens is 370 g/mol. The Hall–Kier alpha value is -2.64. The van der Waals surface area contributed by atoms with Gasteiger partial charge in [0.2, 0.25) is 0 Å². The van der Waals surface area contributed by atoms with Crippen LogP contribution in [0.4, 0.5) is 11.4 Å². The van der Waals surface area contributed by atoms with Crippen molar-refractivity contribution in [3.05, 3.63) is 52.2 Å². The summed E-state index contributed by atoms with van der Waals surface area (Å²) in [6.45, 7) is 4.00. The molecule has 0 amide bonds. The minimum Gasteiger partial charge on any atom is -0.396 e. The van der Waals surface area contributed by atoms with Crippen molar-refractivity contribution in [2.45, 2.75) is 13.8 Å². The van der Waals surface area contributed by atoms with Gasteiger partial charge in [0.05, 0.1) is 28.6 Å². The zero-order valence-corrected chi connectivity index (χ0v) is 16.1. The van der Waals surface area contributed by atoms with Gasteiger partial charge in [-0.05, 0) is 24.3 Å². The molecule has 0 saturated heterocycles. The second-order valence-electron chi connectivity index (χ2n) is 5.19. The predicted molar refractivity (Wildman–Crippen MR) is 111 cm³/mol. The van der Waals surface area contributed by atoms with Crippen molar-refractivity contribution in [3.8, 4) is 5.69 Å². The monoisotopic (exact) mass is 387 g/mol. The van der Waals surface area contributed by atoms with E-state index in [9.17, 15) is 4.79 Å². The molecule has 0 aliphatic carbocycles. The largest absolute Gasteiger partial charge is 0.396 e. The molecule has 8 heteroatoms. The number of nitrogens with zero attached hydrogens (tertiary/aromatic N) is 3. The highest BCUT2D eigenvalue weighted by atomic mass is 35.5. The van der Waals surface area contributed by atoms with Gasteiger partial charge >= 0.3 is 0 Å². The molecule has 3 aromatic heterocycles. The Morgan fingerprint density at radius 1 is 1.19 bits per heavy atom. The number of nitrogens with one attached hydrogen (secondary N) is 1. The van der Waals surface area contributed by atoms with Crippen molar-refractivity contribution in [2.24, 2.45) is 0 Å². The number of hydrogen-bond donors (Lipinski definition) is 2. The fourth-order valence-electron chi connectivity index (χ4n) is 2.66. The Bertz CT molecular complexity index is 1130. The van der Waals surface area contributed by atoms with E-state index in [0.717, 1.165) is 15.9 Å². The second-order valence-corrected chi connectivity index (χ2v) is 6.63. The number of anilines is 2. The number of rotatable bonds is 2. The lowest BCUT2D eigenvalue weighted by Crippen LogP contribution is -2.17. The molecule has 0 atom stereocenters. The summed E-state index contributed by atoms with van der Waals surface area (Å²) < 4.78 is 2.04. The van der Waals surface area contributed by atoms with E-state index in [1.807, 2.05) is 13.8 Å². The van der Waals surface area contributed by atoms with E-state index in [1.54, 1.807) is 37.5 Å². The van der Waals surface area contributed by atoms with Crippen LogP contribution in [0.5, 0.6) is 0 Å². The maximum atomic E-state index is 12.9. The number of fused-ring (bicyclic) bond motifs is 3. The quantitative estimate of drug-likeness (QED) is 0.535. The first-order chi connectivity index (χ1) is 12.6. The average Bonchev–Trinajstić information content (AvgIpc) is 3.04. The Balaban J connectivity index is 0.000000948. The summed E-state index contributed by atoms with van der Waals surface area (Å²) in [4.78, 5) is 22.4. The Morgan fingerprint density at radius 3 is 2.54 bits per heavy atom. The molecular formula is C18H18ClN5OS. The third kappa shape index (κ3) is 2.89. The van der Waals surface area contributed by atoms with Gasteiger partial charge in [-0.3, -0.25) is 9.36 Å². The number of halogens is 1. The van der Waals surface area contributed by atoms with Gasteiger partial charge in [0.25, 0.3) is 5.56 Å².